The first-order valence-corrected chi connectivity index (χ1v) is 4.98. The molecule has 0 aliphatic carbocycles. The second-order valence-electron chi connectivity index (χ2n) is 4.38. The highest BCUT2D eigenvalue weighted by Crippen LogP contribution is 2.05. The summed E-state index contributed by atoms with van der Waals surface area (Å²) in [5, 5.41) is 0. The zero-order valence-corrected chi connectivity index (χ0v) is 9.96. The smallest absolute Gasteiger partial charge is 0.333 e. The van der Waals surface area contributed by atoms with E-state index < -0.39 is 0 Å². The topological polar surface area (TPSA) is 26.3 Å². The molecule has 0 aromatic rings. The molecule has 0 atom stereocenters. The van der Waals surface area contributed by atoms with Crippen LogP contribution in [0.4, 0.5) is 0 Å². The Kier molecular flexibility index (Phi) is 5.46. The fourth-order valence-electron chi connectivity index (χ4n) is 1.13. The van der Waals surface area contributed by atoms with Crippen LogP contribution in [0.3, 0.4) is 0 Å². The van der Waals surface area contributed by atoms with Crippen molar-refractivity contribution in [2.45, 2.75) is 19.8 Å². The molecule has 0 fully saturated rings. The minimum atomic E-state index is -0.200. The van der Waals surface area contributed by atoms with Gasteiger partial charge in [-0.2, -0.15) is 0 Å². The Morgan fingerprint density at radius 2 is 1.93 bits per heavy atom. The minimum absolute atomic E-state index is 0.200. The number of hydrogen-bond acceptors (Lipinski definition) is 2. The zero-order valence-electron chi connectivity index (χ0n) is 9.96. The predicted molar refractivity (Wildman–Crippen MR) is 57.9 cm³/mol. The standard InChI is InChI=1S/C11H22NO2/c1-6-10(11(13)14-5)8-7-9-12(2,3)4/h8H,6-7,9H2,1-5H3/q+1. The normalized spacial score (nSPS) is 12.8. The maximum atomic E-state index is 11.2. The molecule has 0 aliphatic heterocycles. The van der Waals surface area contributed by atoms with Crippen molar-refractivity contribution in [1.29, 1.82) is 0 Å². The number of rotatable bonds is 5. The van der Waals surface area contributed by atoms with Gasteiger partial charge in [0, 0.05) is 12.0 Å². The third kappa shape index (κ3) is 5.75. The average molecular weight is 200 g/mol. The van der Waals surface area contributed by atoms with E-state index in [9.17, 15) is 4.79 Å². The fraction of sp³-hybridized carbons (Fsp3) is 0.727. The number of nitrogens with zero attached hydrogens (tertiary/aromatic N) is 1. The first-order valence-electron chi connectivity index (χ1n) is 4.98. The van der Waals surface area contributed by atoms with E-state index in [-0.39, 0.29) is 5.97 Å². The lowest BCUT2D eigenvalue weighted by Crippen LogP contribution is -2.35. The highest BCUT2D eigenvalue weighted by atomic mass is 16.5. The Labute approximate surface area is 86.9 Å². The van der Waals surface area contributed by atoms with Crippen molar-refractivity contribution in [3.05, 3.63) is 11.6 Å². The molecule has 0 amide bonds. The lowest BCUT2D eigenvalue weighted by atomic mass is 10.1. The second-order valence-corrected chi connectivity index (χ2v) is 4.38. The van der Waals surface area contributed by atoms with Crippen molar-refractivity contribution >= 4 is 5.97 Å². The lowest BCUT2D eigenvalue weighted by molar-refractivity contribution is -0.869. The Bertz CT molecular complexity index is 214. The molecule has 0 N–H and O–H groups in total. The van der Waals surface area contributed by atoms with Crippen LogP contribution in [0.15, 0.2) is 11.6 Å². The van der Waals surface area contributed by atoms with Crippen LogP contribution in [0.1, 0.15) is 19.8 Å². The third-order valence-corrected chi connectivity index (χ3v) is 2.02. The first kappa shape index (κ1) is 13.2. The highest BCUT2D eigenvalue weighted by Gasteiger charge is 2.08. The summed E-state index contributed by atoms with van der Waals surface area (Å²) in [6, 6.07) is 0. The number of ether oxygens (including phenoxy) is 1. The molecule has 0 saturated heterocycles. The van der Waals surface area contributed by atoms with Crippen LogP contribution in [-0.2, 0) is 9.53 Å². The maximum Gasteiger partial charge on any atom is 0.333 e. The quantitative estimate of drug-likeness (QED) is 0.383. The summed E-state index contributed by atoms with van der Waals surface area (Å²) in [4.78, 5) is 11.2. The molecule has 3 heteroatoms. The van der Waals surface area contributed by atoms with E-state index in [0.717, 1.165) is 29.4 Å². The molecule has 0 spiro atoms. The molecule has 0 aliphatic rings. The molecule has 14 heavy (non-hydrogen) atoms. The molecule has 0 aromatic heterocycles. The Balaban J connectivity index is 4.13. The molecule has 0 bridgehead atoms. The van der Waals surface area contributed by atoms with Crippen LogP contribution in [0.5, 0.6) is 0 Å². The second kappa shape index (κ2) is 5.81. The van der Waals surface area contributed by atoms with Gasteiger partial charge in [0.05, 0.1) is 34.8 Å². The maximum absolute atomic E-state index is 11.2. The monoisotopic (exact) mass is 200 g/mol. The van der Waals surface area contributed by atoms with Crippen LogP contribution < -0.4 is 0 Å². The number of hydrogen-bond donors (Lipinski definition) is 0. The van der Waals surface area contributed by atoms with Crippen LogP contribution in [0.25, 0.3) is 0 Å². The molecule has 0 saturated carbocycles. The Hall–Kier alpha value is -0.830. The van der Waals surface area contributed by atoms with Gasteiger partial charge in [0.2, 0.25) is 0 Å². The summed E-state index contributed by atoms with van der Waals surface area (Å²) < 4.78 is 5.58. The van der Waals surface area contributed by atoms with Gasteiger partial charge in [-0.15, -0.1) is 0 Å². The number of quaternary nitrogens is 1. The average Bonchev–Trinajstić information content (AvgIpc) is 2.09. The van der Waals surface area contributed by atoms with E-state index in [1.807, 2.05) is 13.0 Å². The van der Waals surface area contributed by atoms with E-state index in [1.165, 1.54) is 7.11 Å². The number of methoxy groups -OCH3 is 1. The summed E-state index contributed by atoms with van der Waals surface area (Å²) in [5.74, 6) is -0.200. The molecule has 0 aromatic carbocycles. The van der Waals surface area contributed by atoms with E-state index in [2.05, 4.69) is 25.9 Å². The van der Waals surface area contributed by atoms with Crippen LogP contribution in [0, 0.1) is 0 Å². The van der Waals surface area contributed by atoms with E-state index in [0.29, 0.717) is 0 Å². The van der Waals surface area contributed by atoms with Crippen molar-refractivity contribution in [2.24, 2.45) is 0 Å². The summed E-state index contributed by atoms with van der Waals surface area (Å²) in [6.45, 7) is 3.00. The van der Waals surface area contributed by atoms with Gasteiger partial charge in [-0.3, -0.25) is 0 Å². The fourth-order valence-corrected chi connectivity index (χ4v) is 1.13. The van der Waals surface area contributed by atoms with E-state index in [4.69, 9.17) is 0 Å². The molecule has 0 unspecified atom stereocenters. The van der Waals surface area contributed by atoms with Crippen molar-refractivity contribution in [3.63, 3.8) is 0 Å². The van der Waals surface area contributed by atoms with Crippen LogP contribution >= 0.6 is 0 Å². The third-order valence-electron chi connectivity index (χ3n) is 2.02. The van der Waals surface area contributed by atoms with E-state index in [1.54, 1.807) is 0 Å². The largest absolute Gasteiger partial charge is 0.466 e. The van der Waals surface area contributed by atoms with Crippen molar-refractivity contribution in [1.82, 2.24) is 0 Å². The van der Waals surface area contributed by atoms with Gasteiger partial charge in [0.15, 0.2) is 0 Å². The molecule has 82 valence electrons. The van der Waals surface area contributed by atoms with Gasteiger partial charge in [-0.1, -0.05) is 13.0 Å². The number of carbonyl (C=O) groups is 1. The van der Waals surface area contributed by atoms with Gasteiger partial charge >= 0.3 is 5.97 Å². The van der Waals surface area contributed by atoms with Gasteiger partial charge in [-0.05, 0) is 6.42 Å². The molecule has 0 radical (unpaired) electrons. The number of esters is 1. The van der Waals surface area contributed by atoms with Crippen molar-refractivity contribution < 1.29 is 14.0 Å². The lowest BCUT2D eigenvalue weighted by Gasteiger charge is -2.23. The van der Waals surface area contributed by atoms with Gasteiger partial charge in [0.25, 0.3) is 0 Å². The molecule has 3 nitrogen and oxygen atoms in total. The van der Waals surface area contributed by atoms with Crippen LogP contribution in [-0.4, -0.2) is 45.2 Å². The SMILES string of the molecule is CCC(=CCC[N+](C)(C)C)C(=O)OC. The van der Waals surface area contributed by atoms with Gasteiger partial charge in [0.1, 0.15) is 0 Å². The highest BCUT2D eigenvalue weighted by molar-refractivity contribution is 5.88. The van der Waals surface area contributed by atoms with Gasteiger partial charge < -0.3 is 9.22 Å². The predicted octanol–water partition coefficient (Wildman–Crippen LogP) is 1.59. The summed E-state index contributed by atoms with van der Waals surface area (Å²) in [7, 11) is 7.83. The number of carbonyl (C=O) groups excluding carboxylic acids is 1. The Morgan fingerprint density at radius 1 is 1.36 bits per heavy atom. The Morgan fingerprint density at radius 3 is 2.29 bits per heavy atom. The summed E-state index contributed by atoms with van der Waals surface area (Å²) in [6.07, 6.45) is 3.64. The molecular formula is C11H22NO2+. The molecule has 0 rings (SSSR count). The first-order chi connectivity index (χ1) is 6.40. The molecule has 0 heterocycles. The molecular weight excluding hydrogens is 178 g/mol. The zero-order chi connectivity index (χ0) is 11.2. The van der Waals surface area contributed by atoms with E-state index >= 15 is 0 Å². The minimum Gasteiger partial charge on any atom is -0.466 e. The van der Waals surface area contributed by atoms with Gasteiger partial charge in [-0.25, -0.2) is 4.79 Å². The van der Waals surface area contributed by atoms with Crippen LogP contribution in [0.2, 0.25) is 0 Å². The van der Waals surface area contributed by atoms with Crippen molar-refractivity contribution in [3.8, 4) is 0 Å². The summed E-state index contributed by atoms with van der Waals surface area (Å²) in [5.41, 5.74) is 0.779. The summed E-state index contributed by atoms with van der Waals surface area (Å²) >= 11 is 0. The van der Waals surface area contributed by atoms with Crippen molar-refractivity contribution in [2.75, 3.05) is 34.8 Å².